The summed E-state index contributed by atoms with van der Waals surface area (Å²) in [7, 11) is 0. The fourth-order valence-electron chi connectivity index (χ4n) is 2.44. The first-order valence-electron chi connectivity index (χ1n) is 6.39. The number of likely N-dealkylation sites (N-methyl/N-ethyl adjacent to an activating group) is 1. The molecule has 1 aromatic carbocycles. The maximum absolute atomic E-state index is 6.01. The van der Waals surface area contributed by atoms with Gasteiger partial charge in [0.2, 0.25) is 0 Å². The lowest BCUT2D eigenvalue weighted by molar-refractivity contribution is 0.0789. The van der Waals surface area contributed by atoms with Crippen molar-refractivity contribution in [2.24, 2.45) is 0 Å². The summed E-state index contributed by atoms with van der Waals surface area (Å²) in [6.07, 6.45) is 3.69. The Morgan fingerprint density at radius 2 is 2.41 bits per heavy atom. The largest absolute Gasteiger partial charge is 0.377 e. The van der Waals surface area contributed by atoms with Gasteiger partial charge in [-0.15, -0.1) is 0 Å². The molecule has 0 saturated carbocycles. The van der Waals surface area contributed by atoms with Crippen molar-refractivity contribution in [2.75, 3.05) is 13.2 Å². The number of halogens is 1. The van der Waals surface area contributed by atoms with Crippen LogP contribution in [0.2, 0.25) is 5.02 Å². The van der Waals surface area contributed by atoms with Crippen LogP contribution in [-0.4, -0.2) is 25.3 Å². The molecule has 1 fully saturated rings. The molecule has 0 radical (unpaired) electrons. The molecule has 3 heteroatoms. The summed E-state index contributed by atoms with van der Waals surface area (Å²) in [5.41, 5.74) is 1.28. The maximum Gasteiger partial charge on any atom is 0.0732 e. The molecule has 17 heavy (non-hydrogen) atoms. The molecule has 0 amide bonds. The molecule has 1 heterocycles. The van der Waals surface area contributed by atoms with Gasteiger partial charge in [-0.2, -0.15) is 0 Å². The van der Waals surface area contributed by atoms with Crippen LogP contribution in [0.4, 0.5) is 0 Å². The molecule has 2 rings (SSSR count). The van der Waals surface area contributed by atoms with E-state index in [2.05, 4.69) is 18.3 Å². The second-order valence-electron chi connectivity index (χ2n) is 4.55. The Hall–Kier alpha value is -0.570. The summed E-state index contributed by atoms with van der Waals surface area (Å²) in [6, 6.07) is 8.50. The third kappa shape index (κ3) is 3.70. The minimum atomic E-state index is 0.355. The van der Waals surface area contributed by atoms with Gasteiger partial charge in [0.25, 0.3) is 0 Å². The van der Waals surface area contributed by atoms with Crippen LogP contribution in [0.15, 0.2) is 24.3 Å². The molecular weight excluding hydrogens is 234 g/mol. The van der Waals surface area contributed by atoms with Crippen LogP contribution in [0, 0.1) is 0 Å². The predicted octanol–water partition coefficient (Wildman–Crippen LogP) is 3.04. The summed E-state index contributed by atoms with van der Waals surface area (Å²) in [5, 5.41) is 4.33. The Morgan fingerprint density at radius 3 is 3.06 bits per heavy atom. The quantitative estimate of drug-likeness (QED) is 0.871. The lowest BCUT2D eigenvalue weighted by Crippen LogP contribution is -2.41. The smallest absolute Gasteiger partial charge is 0.0732 e. The summed E-state index contributed by atoms with van der Waals surface area (Å²) >= 11 is 6.01. The molecule has 0 bridgehead atoms. The molecule has 2 nitrogen and oxygen atoms in total. The van der Waals surface area contributed by atoms with Gasteiger partial charge in [0, 0.05) is 17.7 Å². The SMILES string of the molecule is CCN[C@@H](Cc1cccc(Cl)c1)[C@@H]1CCCO1. The highest BCUT2D eigenvalue weighted by Crippen LogP contribution is 2.20. The van der Waals surface area contributed by atoms with Crippen LogP contribution in [0.1, 0.15) is 25.3 Å². The van der Waals surface area contributed by atoms with Crippen LogP contribution in [0.5, 0.6) is 0 Å². The third-order valence-electron chi connectivity index (χ3n) is 3.22. The molecule has 0 unspecified atom stereocenters. The Bertz CT molecular complexity index is 350. The third-order valence-corrected chi connectivity index (χ3v) is 3.46. The Labute approximate surface area is 108 Å². The lowest BCUT2D eigenvalue weighted by Gasteiger charge is -2.24. The van der Waals surface area contributed by atoms with Crippen LogP contribution in [-0.2, 0) is 11.2 Å². The number of hydrogen-bond donors (Lipinski definition) is 1. The second-order valence-corrected chi connectivity index (χ2v) is 4.99. The first kappa shape index (κ1) is 12.9. The van der Waals surface area contributed by atoms with Gasteiger partial charge in [-0.1, -0.05) is 30.7 Å². The van der Waals surface area contributed by atoms with Gasteiger partial charge in [-0.3, -0.25) is 0 Å². The van der Waals surface area contributed by atoms with E-state index in [0.29, 0.717) is 12.1 Å². The van der Waals surface area contributed by atoms with Crippen molar-refractivity contribution in [1.29, 1.82) is 0 Å². The summed E-state index contributed by atoms with van der Waals surface area (Å²) < 4.78 is 5.77. The number of hydrogen-bond acceptors (Lipinski definition) is 2. The number of rotatable bonds is 5. The van der Waals surface area contributed by atoms with Gasteiger partial charge in [0.05, 0.1) is 6.10 Å². The zero-order valence-corrected chi connectivity index (χ0v) is 11.0. The Kier molecular flexibility index (Phi) is 4.84. The van der Waals surface area contributed by atoms with E-state index in [1.165, 1.54) is 12.0 Å². The lowest BCUT2D eigenvalue weighted by atomic mass is 9.99. The van der Waals surface area contributed by atoms with Gasteiger partial charge in [0.1, 0.15) is 0 Å². The first-order valence-corrected chi connectivity index (χ1v) is 6.77. The molecule has 1 N–H and O–H groups in total. The summed E-state index contributed by atoms with van der Waals surface area (Å²) in [5.74, 6) is 0. The average molecular weight is 254 g/mol. The first-order chi connectivity index (χ1) is 8.29. The van der Waals surface area contributed by atoms with Crippen molar-refractivity contribution in [3.8, 4) is 0 Å². The van der Waals surface area contributed by atoms with Gasteiger partial charge in [0.15, 0.2) is 0 Å². The van der Waals surface area contributed by atoms with Crippen molar-refractivity contribution < 1.29 is 4.74 Å². The predicted molar refractivity (Wildman–Crippen MR) is 71.6 cm³/mol. The molecule has 2 atom stereocenters. The Morgan fingerprint density at radius 1 is 1.53 bits per heavy atom. The van der Waals surface area contributed by atoms with Gasteiger partial charge >= 0.3 is 0 Å². The van der Waals surface area contributed by atoms with E-state index in [4.69, 9.17) is 16.3 Å². The minimum absolute atomic E-state index is 0.355. The second kappa shape index (κ2) is 6.39. The van der Waals surface area contributed by atoms with Crippen molar-refractivity contribution in [1.82, 2.24) is 5.32 Å². The molecular formula is C14H20ClNO. The number of nitrogens with one attached hydrogen (secondary N) is 1. The van der Waals surface area contributed by atoms with Crippen LogP contribution >= 0.6 is 11.6 Å². The molecule has 1 aliphatic rings. The van der Waals surface area contributed by atoms with Gasteiger partial charge in [-0.25, -0.2) is 0 Å². The summed E-state index contributed by atoms with van der Waals surface area (Å²) in [6.45, 7) is 4.02. The highest BCUT2D eigenvalue weighted by molar-refractivity contribution is 6.30. The zero-order chi connectivity index (χ0) is 12.1. The molecule has 1 aromatic rings. The highest BCUT2D eigenvalue weighted by Gasteiger charge is 2.25. The highest BCUT2D eigenvalue weighted by atomic mass is 35.5. The maximum atomic E-state index is 6.01. The standard InChI is InChI=1S/C14H20ClNO/c1-2-16-13(14-7-4-8-17-14)10-11-5-3-6-12(15)9-11/h3,5-6,9,13-14,16H,2,4,7-8,10H2,1H3/t13-,14-/m0/s1. The average Bonchev–Trinajstić information content (AvgIpc) is 2.82. The minimum Gasteiger partial charge on any atom is -0.377 e. The van der Waals surface area contributed by atoms with E-state index < -0.39 is 0 Å². The number of benzene rings is 1. The van der Waals surface area contributed by atoms with E-state index in [0.717, 1.165) is 31.0 Å². The fraction of sp³-hybridized carbons (Fsp3) is 0.571. The number of ether oxygens (including phenoxy) is 1. The van der Waals surface area contributed by atoms with Gasteiger partial charge in [-0.05, 0) is 43.5 Å². The molecule has 0 aromatic heterocycles. The normalized spacial score (nSPS) is 21.6. The van der Waals surface area contributed by atoms with Crippen molar-refractivity contribution >= 4 is 11.6 Å². The van der Waals surface area contributed by atoms with E-state index in [-0.39, 0.29) is 0 Å². The molecule has 94 valence electrons. The van der Waals surface area contributed by atoms with Crippen LogP contribution < -0.4 is 5.32 Å². The molecule has 0 spiro atoms. The van der Waals surface area contributed by atoms with Crippen LogP contribution in [0.3, 0.4) is 0 Å². The zero-order valence-electron chi connectivity index (χ0n) is 10.3. The van der Waals surface area contributed by atoms with Crippen molar-refractivity contribution in [3.05, 3.63) is 34.9 Å². The van der Waals surface area contributed by atoms with E-state index in [9.17, 15) is 0 Å². The monoisotopic (exact) mass is 253 g/mol. The van der Waals surface area contributed by atoms with Crippen LogP contribution in [0.25, 0.3) is 0 Å². The van der Waals surface area contributed by atoms with E-state index in [1.54, 1.807) is 0 Å². The summed E-state index contributed by atoms with van der Waals surface area (Å²) in [4.78, 5) is 0. The topological polar surface area (TPSA) is 21.3 Å². The van der Waals surface area contributed by atoms with E-state index >= 15 is 0 Å². The van der Waals surface area contributed by atoms with Crippen molar-refractivity contribution in [2.45, 2.75) is 38.3 Å². The Balaban J connectivity index is 2.01. The van der Waals surface area contributed by atoms with Gasteiger partial charge < -0.3 is 10.1 Å². The van der Waals surface area contributed by atoms with E-state index in [1.807, 2.05) is 18.2 Å². The molecule has 1 saturated heterocycles. The molecule has 0 aliphatic carbocycles. The fourth-order valence-corrected chi connectivity index (χ4v) is 2.65. The van der Waals surface area contributed by atoms with Crippen molar-refractivity contribution in [3.63, 3.8) is 0 Å². The molecule has 1 aliphatic heterocycles.